The summed E-state index contributed by atoms with van der Waals surface area (Å²) >= 11 is 5.79. The lowest BCUT2D eigenvalue weighted by molar-refractivity contribution is -0.123. The van der Waals surface area contributed by atoms with Gasteiger partial charge in [0.1, 0.15) is 12.3 Å². The van der Waals surface area contributed by atoms with Gasteiger partial charge in [-0.3, -0.25) is 14.5 Å². The van der Waals surface area contributed by atoms with E-state index >= 15 is 0 Å². The van der Waals surface area contributed by atoms with Crippen LogP contribution >= 0.6 is 11.6 Å². The smallest absolute Gasteiger partial charge is 0.335 e. The molecule has 2 aromatic rings. The Balaban J connectivity index is 1.81. The molecule has 0 aromatic heterocycles. The summed E-state index contributed by atoms with van der Waals surface area (Å²) in [4.78, 5) is 36.7. The number of carbonyl (C=O) groups excluding carboxylic acids is 2. The molecule has 1 heterocycles. The number of hydrogen-bond donors (Lipinski definition) is 2. The fourth-order valence-corrected chi connectivity index (χ4v) is 2.51. The van der Waals surface area contributed by atoms with E-state index in [1.807, 2.05) is 0 Å². The predicted molar refractivity (Wildman–Crippen MR) is 91.3 cm³/mol. The van der Waals surface area contributed by atoms with Gasteiger partial charge in [0, 0.05) is 10.7 Å². The van der Waals surface area contributed by atoms with E-state index in [2.05, 4.69) is 5.32 Å². The number of carboxylic acids is 1. The second-order valence-electron chi connectivity index (χ2n) is 5.31. The van der Waals surface area contributed by atoms with Gasteiger partial charge in [-0.05, 0) is 42.5 Å². The normalized spacial score (nSPS) is 13.0. The maximum absolute atomic E-state index is 12.2. The number of rotatable bonds is 4. The molecule has 0 saturated heterocycles. The van der Waals surface area contributed by atoms with Crippen LogP contribution in [0.25, 0.3) is 0 Å². The Labute approximate surface area is 147 Å². The Morgan fingerprint density at radius 1 is 1.20 bits per heavy atom. The first-order chi connectivity index (χ1) is 11.9. The maximum atomic E-state index is 12.2. The van der Waals surface area contributed by atoms with Gasteiger partial charge in [-0.25, -0.2) is 4.79 Å². The highest BCUT2D eigenvalue weighted by atomic mass is 35.5. The maximum Gasteiger partial charge on any atom is 0.335 e. The average Bonchev–Trinajstić information content (AvgIpc) is 2.59. The minimum absolute atomic E-state index is 0.000148. The van der Waals surface area contributed by atoms with E-state index in [4.69, 9.17) is 21.4 Å². The number of nitrogens with one attached hydrogen (secondary N) is 1. The SMILES string of the molecule is O=C(CN1C(=O)COc2ccc(C(=O)O)cc21)Nc1ccc(Cl)cc1. The van der Waals surface area contributed by atoms with Crippen LogP contribution in [0.4, 0.5) is 11.4 Å². The van der Waals surface area contributed by atoms with Crippen LogP contribution in [0.15, 0.2) is 42.5 Å². The lowest BCUT2D eigenvalue weighted by Crippen LogP contribution is -2.43. The molecule has 0 spiro atoms. The second kappa shape index (κ2) is 6.82. The summed E-state index contributed by atoms with van der Waals surface area (Å²) in [6, 6.07) is 10.7. The van der Waals surface area contributed by atoms with Crippen molar-refractivity contribution in [3.05, 3.63) is 53.1 Å². The van der Waals surface area contributed by atoms with Crippen molar-refractivity contribution in [3.8, 4) is 5.75 Å². The van der Waals surface area contributed by atoms with Crippen molar-refractivity contribution in [2.24, 2.45) is 0 Å². The zero-order valence-electron chi connectivity index (χ0n) is 12.9. The fraction of sp³-hybridized carbons (Fsp3) is 0.118. The number of anilines is 2. The van der Waals surface area contributed by atoms with Crippen molar-refractivity contribution in [2.75, 3.05) is 23.4 Å². The van der Waals surface area contributed by atoms with Gasteiger partial charge in [-0.1, -0.05) is 11.6 Å². The first-order valence-electron chi connectivity index (χ1n) is 7.30. The van der Waals surface area contributed by atoms with E-state index in [1.54, 1.807) is 24.3 Å². The largest absolute Gasteiger partial charge is 0.482 e. The van der Waals surface area contributed by atoms with Crippen LogP contribution in [0.5, 0.6) is 5.75 Å². The fourth-order valence-electron chi connectivity index (χ4n) is 2.39. The van der Waals surface area contributed by atoms with Crippen LogP contribution in [0.1, 0.15) is 10.4 Å². The van der Waals surface area contributed by atoms with Crippen molar-refractivity contribution in [1.82, 2.24) is 0 Å². The van der Waals surface area contributed by atoms with Gasteiger partial charge >= 0.3 is 5.97 Å². The Hall–Kier alpha value is -3.06. The molecular weight excluding hydrogens is 348 g/mol. The van der Waals surface area contributed by atoms with E-state index in [0.717, 1.165) is 0 Å². The number of amides is 2. The van der Waals surface area contributed by atoms with Crippen LogP contribution in [0.2, 0.25) is 5.02 Å². The van der Waals surface area contributed by atoms with E-state index < -0.39 is 17.8 Å². The summed E-state index contributed by atoms with van der Waals surface area (Å²) in [6.07, 6.45) is 0. The summed E-state index contributed by atoms with van der Waals surface area (Å²) in [5.74, 6) is -1.64. The van der Waals surface area contributed by atoms with Gasteiger partial charge in [0.2, 0.25) is 5.91 Å². The molecule has 1 aliphatic rings. The molecule has 2 amide bonds. The van der Waals surface area contributed by atoms with Crippen molar-refractivity contribution in [2.45, 2.75) is 0 Å². The quantitative estimate of drug-likeness (QED) is 0.872. The molecule has 1 aliphatic heterocycles. The molecule has 0 unspecified atom stereocenters. The van der Waals surface area contributed by atoms with Crippen molar-refractivity contribution < 1.29 is 24.2 Å². The van der Waals surface area contributed by atoms with E-state index in [1.165, 1.54) is 23.1 Å². The standard InChI is InChI=1S/C17H13ClN2O5/c18-11-2-4-12(5-3-11)19-15(21)8-20-13-7-10(17(23)24)1-6-14(13)25-9-16(20)22/h1-7H,8-9H2,(H,19,21)(H,23,24). The first-order valence-corrected chi connectivity index (χ1v) is 7.68. The monoisotopic (exact) mass is 360 g/mol. The van der Waals surface area contributed by atoms with Gasteiger partial charge in [0.15, 0.2) is 6.61 Å². The molecule has 0 fully saturated rings. The molecule has 0 aliphatic carbocycles. The molecule has 0 bridgehead atoms. The first kappa shape index (κ1) is 16.8. The molecule has 3 rings (SSSR count). The molecule has 0 radical (unpaired) electrons. The van der Waals surface area contributed by atoms with Crippen molar-refractivity contribution in [3.63, 3.8) is 0 Å². The van der Waals surface area contributed by atoms with Gasteiger partial charge < -0.3 is 15.2 Å². The third-order valence-electron chi connectivity index (χ3n) is 3.58. The average molecular weight is 361 g/mol. The summed E-state index contributed by atoms with van der Waals surface area (Å²) in [5, 5.41) is 12.3. The Morgan fingerprint density at radius 3 is 2.60 bits per heavy atom. The molecule has 8 heteroatoms. The number of fused-ring (bicyclic) bond motifs is 1. The summed E-state index contributed by atoms with van der Waals surface area (Å²) in [6.45, 7) is -0.478. The summed E-state index contributed by atoms with van der Waals surface area (Å²) in [5.41, 5.74) is 0.789. The molecule has 2 aromatic carbocycles. The predicted octanol–water partition coefficient (Wildman–Crippen LogP) is 2.40. The zero-order valence-corrected chi connectivity index (χ0v) is 13.6. The Kier molecular flexibility index (Phi) is 4.58. The Morgan fingerprint density at radius 2 is 1.92 bits per heavy atom. The number of carbonyl (C=O) groups is 3. The van der Waals surface area contributed by atoms with Crippen LogP contribution in [-0.2, 0) is 9.59 Å². The molecule has 2 N–H and O–H groups in total. The number of benzene rings is 2. The Bertz CT molecular complexity index is 851. The van der Waals surface area contributed by atoms with Gasteiger partial charge in [-0.2, -0.15) is 0 Å². The van der Waals surface area contributed by atoms with Crippen LogP contribution in [-0.4, -0.2) is 36.0 Å². The van der Waals surface area contributed by atoms with Gasteiger partial charge in [0.05, 0.1) is 11.3 Å². The van der Waals surface area contributed by atoms with Gasteiger partial charge in [-0.15, -0.1) is 0 Å². The van der Waals surface area contributed by atoms with Crippen LogP contribution in [0.3, 0.4) is 0 Å². The molecule has 7 nitrogen and oxygen atoms in total. The van der Waals surface area contributed by atoms with E-state index in [-0.39, 0.29) is 24.4 Å². The molecule has 25 heavy (non-hydrogen) atoms. The highest BCUT2D eigenvalue weighted by molar-refractivity contribution is 6.30. The minimum atomic E-state index is -1.13. The summed E-state index contributed by atoms with van der Waals surface area (Å²) in [7, 11) is 0. The lowest BCUT2D eigenvalue weighted by atomic mass is 10.1. The zero-order chi connectivity index (χ0) is 18.0. The van der Waals surface area contributed by atoms with E-state index in [0.29, 0.717) is 16.5 Å². The van der Waals surface area contributed by atoms with E-state index in [9.17, 15) is 14.4 Å². The van der Waals surface area contributed by atoms with Gasteiger partial charge in [0.25, 0.3) is 5.91 Å². The van der Waals surface area contributed by atoms with Crippen molar-refractivity contribution in [1.29, 1.82) is 0 Å². The summed E-state index contributed by atoms with van der Waals surface area (Å²) < 4.78 is 5.28. The number of hydrogen-bond acceptors (Lipinski definition) is 4. The number of carboxylic acid groups (broad SMARTS) is 1. The second-order valence-corrected chi connectivity index (χ2v) is 5.75. The molecule has 0 atom stereocenters. The highest BCUT2D eigenvalue weighted by Gasteiger charge is 2.28. The number of aromatic carboxylic acids is 1. The van der Waals surface area contributed by atoms with Crippen molar-refractivity contribution >= 4 is 40.8 Å². The van der Waals surface area contributed by atoms with Crippen LogP contribution < -0.4 is 15.0 Å². The minimum Gasteiger partial charge on any atom is -0.482 e. The number of ether oxygens (including phenoxy) is 1. The number of halogens is 1. The topological polar surface area (TPSA) is 95.9 Å². The highest BCUT2D eigenvalue weighted by Crippen LogP contribution is 2.33. The third-order valence-corrected chi connectivity index (χ3v) is 3.83. The van der Waals surface area contributed by atoms with Crippen LogP contribution in [0, 0.1) is 0 Å². The molecule has 128 valence electrons. The molecular formula is C17H13ClN2O5. The number of nitrogens with zero attached hydrogens (tertiary/aromatic N) is 1. The lowest BCUT2D eigenvalue weighted by Gasteiger charge is -2.29. The third kappa shape index (κ3) is 3.72. The molecule has 0 saturated carbocycles.